The Morgan fingerprint density at radius 2 is 1.52 bits per heavy atom. The van der Waals surface area contributed by atoms with Crippen LogP contribution in [0.15, 0.2) is 70.9 Å². The summed E-state index contributed by atoms with van der Waals surface area (Å²) in [6.45, 7) is 0. The van der Waals surface area contributed by atoms with Crippen molar-refractivity contribution in [3.63, 3.8) is 0 Å². The maximum atomic E-state index is 10.3. The normalized spacial score (nSPS) is 10.7. The van der Waals surface area contributed by atoms with Crippen molar-refractivity contribution >= 4 is 22.7 Å². The second kappa shape index (κ2) is 8.09. The minimum absolute atomic E-state index is 0.0811. The van der Waals surface area contributed by atoms with E-state index in [1.807, 2.05) is 12.1 Å². The third-order valence-electron chi connectivity index (χ3n) is 3.81. The molecule has 27 heavy (non-hydrogen) atoms. The van der Waals surface area contributed by atoms with Crippen LogP contribution in [0.5, 0.6) is 23.0 Å². The molecule has 0 amide bonds. The van der Waals surface area contributed by atoms with Crippen LogP contribution >= 0.6 is 0 Å². The molecule has 0 radical (unpaired) electrons. The van der Waals surface area contributed by atoms with Gasteiger partial charge in [-0.05, 0) is 36.4 Å². The Kier molecular flexibility index (Phi) is 5.41. The standard InChI is InChI=1S/C20H19N3O4/c1-26-14-9-7-13(8-10-14)22-23-17-12-18(24)16(11-19(17)25)21-15-5-3-4-6-20(15)27-2/h3-12,21,24-25H,1-2H3. The number of nitrogens with one attached hydrogen (secondary N) is 1. The summed E-state index contributed by atoms with van der Waals surface area (Å²) in [6.07, 6.45) is 0. The molecule has 0 atom stereocenters. The zero-order valence-corrected chi connectivity index (χ0v) is 14.9. The van der Waals surface area contributed by atoms with E-state index in [0.29, 0.717) is 28.6 Å². The van der Waals surface area contributed by atoms with Crippen LogP contribution in [0.2, 0.25) is 0 Å². The Hall–Kier alpha value is -3.74. The number of para-hydroxylation sites is 2. The summed E-state index contributed by atoms with van der Waals surface area (Å²) in [4.78, 5) is 0. The Balaban J connectivity index is 1.82. The van der Waals surface area contributed by atoms with E-state index in [0.717, 1.165) is 0 Å². The van der Waals surface area contributed by atoms with Crippen LogP contribution in [0.3, 0.4) is 0 Å². The number of phenolic OH excluding ortho intramolecular Hbond substituents is 2. The van der Waals surface area contributed by atoms with Crippen LogP contribution in [0, 0.1) is 0 Å². The number of anilines is 2. The zero-order chi connectivity index (χ0) is 19.2. The minimum atomic E-state index is -0.123. The molecule has 0 aromatic heterocycles. The van der Waals surface area contributed by atoms with Gasteiger partial charge in [0.15, 0.2) is 0 Å². The molecule has 0 saturated heterocycles. The number of aromatic hydroxyl groups is 2. The smallest absolute Gasteiger partial charge is 0.145 e. The molecule has 0 aliphatic rings. The number of hydrogen-bond acceptors (Lipinski definition) is 7. The van der Waals surface area contributed by atoms with Gasteiger partial charge < -0.3 is 25.0 Å². The van der Waals surface area contributed by atoms with E-state index >= 15 is 0 Å². The lowest BCUT2D eigenvalue weighted by Crippen LogP contribution is -1.94. The largest absolute Gasteiger partial charge is 0.506 e. The van der Waals surface area contributed by atoms with Crippen molar-refractivity contribution < 1.29 is 19.7 Å². The summed E-state index contributed by atoms with van der Waals surface area (Å²) in [6, 6.07) is 16.9. The topological polar surface area (TPSA) is 95.7 Å². The van der Waals surface area contributed by atoms with Gasteiger partial charge in [-0.2, -0.15) is 5.11 Å². The van der Waals surface area contributed by atoms with Crippen LogP contribution in [-0.2, 0) is 0 Å². The molecule has 3 rings (SSSR count). The van der Waals surface area contributed by atoms with Gasteiger partial charge in [-0.15, -0.1) is 5.11 Å². The Labute approximate surface area is 156 Å². The summed E-state index contributed by atoms with van der Waals surface area (Å²) in [7, 11) is 3.14. The number of hydrogen-bond donors (Lipinski definition) is 3. The molecule has 0 aliphatic heterocycles. The molecule has 0 unspecified atom stereocenters. The first-order chi connectivity index (χ1) is 13.1. The van der Waals surface area contributed by atoms with E-state index < -0.39 is 0 Å². The van der Waals surface area contributed by atoms with Gasteiger partial charge in [-0.3, -0.25) is 0 Å². The molecule has 3 aromatic rings. The monoisotopic (exact) mass is 365 g/mol. The van der Waals surface area contributed by atoms with E-state index in [9.17, 15) is 10.2 Å². The fourth-order valence-corrected chi connectivity index (χ4v) is 2.40. The van der Waals surface area contributed by atoms with Crippen molar-refractivity contribution in [3.8, 4) is 23.0 Å². The Morgan fingerprint density at radius 1 is 0.778 bits per heavy atom. The van der Waals surface area contributed by atoms with E-state index in [4.69, 9.17) is 9.47 Å². The van der Waals surface area contributed by atoms with Crippen molar-refractivity contribution in [1.82, 2.24) is 0 Å². The first kappa shape index (κ1) is 18.1. The van der Waals surface area contributed by atoms with Gasteiger partial charge in [-0.25, -0.2) is 0 Å². The van der Waals surface area contributed by atoms with E-state index in [2.05, 4.69) is 15.5 Å². The van der Waals surface area contributed by atoms with Crippen molar-refractivity contribution in [3.05, 3.63) is 60.7 Å². The third-order valence-corrected chi connectivity index (χ3v) is 3.81. The average molecular weight is 365 g/mol. The molecule has 0 fully saturated rings. The lowest BCUT2D eigenvalue weighted by atomic mass is 10.2. The number of azo groups is 1. The SMILES string of the molecule is COc1ccc(N=Nc2cc(O)c(Nc3ccccc3OC)cc2O)cc1. The van der Waals surface area contributed by atoms with Crippen molar-refractivity contribution in [2.24, 2.45) is 10.2 Å². The van der Waals surface area contributed by atoms with Crippen molar-refractivity contribution in [2.75, 3.05) is 19.5 Å². The molecule has 3 N–H and O–H groups in total. The quantitative estimate of drug-likeness (QED) is 0.314. The predicted octanol–water partition coefficient (Wildman–Crippen LogP) is 5.27. The zero-order valence-electron chi connectivity index (χ0n) is 14.9. The van der Waals surface area contributed by atoms with Crippen LogP contribution < -0.4 is 14.8 Å². The van der Waals surface area contributed by atoms with E-state index in [1.54, 1.807) is 50.6 Å². The Bertz CT molecular complexity index is 956. The second-order valence-corrected chi connectivity index (χ2v) is 5.58. The van der Waals surface area contributed by atoms with Crippen LogP contribution in [0.1, 0.15) is 0 Å². The van der Waals surface area contributed by atoms with Crippen molar-refractivity contribution in [1.29, 1.82) is 0 Å². The van der Waals surface area contributed by atoms with Gasteiger partial charge in [0.1, 0.15) is 28.7 Å². The minimum Gasteiger partial charge on any atom is -0.506 e. The van der Waals surface area contributed by atoms with Crippen LogP contribution in [0.4, 0.5) is 22.7 Å². The first-order valence-electron chi connectivity index (χ1n) is 8.12. The fourth-order valence-electron chi connectivity index (χ4n) is 2.40. The number of phenols is 2. The van der Waals surface area contributed by atoms with Gasteiger partial charge in [-0.1, -0.05) is 12.1 Å². The highest BCUT2D eigenvalue weighted by Crippen LogP contribution is 2.40. The lowest BCUT2D eigenvalue weighted by Gasteiger charge is -2.13. The maximum Gasteiger partial charge on any atom is 0.145 e. The molecule has 138 valence electrons. The molecule has 0 heterocycles. The molecule has 0 spiro atoms. The summed E-state index contributed by atoms with van der Waals surface area (Å²) in [5, 5.41) is 31.6. The van der Waals surface area contributed by atoms with Gasteiger partial charge >= 0.3 is 0 Å². The highest BCUT2D eigenvalue weighted by atomic mass is 16.5. The number of ether oxygens (including phenoxy) is 2. The molecule has 0 aliphatic carbocycles. The molecular weight excluding hydrogens is 346 g/mol. The summed E-state index contributed by atoms with van der Waals surface area (Å²) >= 11 is 0. The molecular formula is C20H19N3O4. The third kappa shape index (κ3) is 4.27. The number of rotatable bonds is 6. The summed E-state index contributed by atoms with van der Waals surface area (Å²) in [5.74, 6) is 1.12. The molecule has 0 bridgehead atoms. The first-order valence-corrected chi connectivity index (χ1v) is 8.12. The number of benzene rings is 3. The van der Waals surface area contributed by atoms with E-state index in [-0.39, 0.29) is 17.2 Å². The van der Waals surface area contributed by atoms with Gasteiger partial charge in [0.25, 0.3) is 0 Å². The highest BCUT2D eigenvalue weighted by Gasteiger charge is 2.11. The predicted molar refractivity (Wildman–Crippen MR) is 103 cm³/mol. The Morgan fingerprint density at radius 3 is 2.22 bits per heavy atom. The lowest BCUT2D eigenvalue weighted by molar-refractivity contribution is 0.415. The van der Waals surface area contributed by atoms with Gasteiger partial charge in [0.2, 0.25) is 0 Å². The molecule has 3 aromatic carbocycles. The molecule has 0 saturated carbocycles. The van der Waals surface area contributed by atoms with Crippen molar-refractivity contribution in [2.45, 2.75) is 0 Å². The number of nitrogens with zero attached hydrogens (tertiary/aromatic N) is 2. The molecule has 7 nitrogen and oxygen atoms in total. The van der Waals surface area contributed by atoms with Gasteiger partial charge in [0.05, 0.1) is 31.3 Å². The highest BCUT2D eigenvalue weighted by molar-refractivity contribution is 5.75. The van der Waals surface area contributed by atoms with E-state index in [1.165, 1.54) is 12.1 Å². The molecule has 7 heteroatoms. The second-order valence-electron chi connectivity index (χ2n) is 5.58. The van der Waals surface area contributed by atoms with Gasteiger partial charge in [0, 0.05) is 12.1 Å². The maximum absolute atomic E-state index is 10.3. The van der Waals surface area contributed by atoms with Crippen LogP contribution in [0.25, 0.3) is 0 Å². The summed E-state index contributed by atoms with van der Waals surface area (Å²) in [5.41, 5.74) is 1.71. The fraction of sp³-hybridized carbons (Fsp3) is 0.100. The number of methoxy groups -OCH3 is 2. The van der Waals surface area contributed by atoms with Crippen LogP contribution in [-0.4, -0.2) is 24.4 Å². The summed E-state index contributed by atoms with van der Waals surface area (Å²) < 4.78 is 10.4. The average Bonchev–Trinajstić information content (AvgIpc) is 2.70.